The van der Waals surface area contributed by atoms with E-state index in [1.54, 1.807) is 24.3 Å². The molecule has 1 fully saturated rings. The quantitative estimate of drug-likeness (QED) is 0.347. The van der Waals surface area contributed by atoms with Crippen LogP contribution in [0.4, 0.5) is 10.1 Å². The average molecular weight is 566 g/mol. The Morgan fingerprint density at radius 1 is 1.21 bits per heavy atom. The zero-order valence-corrected chi connectivity index (χ0v) is 22.7. The van der Waals surface area contributed by atoms with Crippen molar-refractivity contribution in [3.63, 3.8) is 0 Å². The van der Waals surface area contributed by atoms with Crippen LogP contribution in [0.3, 0.4) is 0 Å². The Morgan fingerprint density at radius 2 is 1.92 bits per heavy atom. The van der Waals surface area contributed by atoms with Gasteiger partial charge in [-0.3, -0.25) is 9.59 Å². The molecular weight excluding hydrogens is 536 g/mol. The first kappa shape index (κ1) is 28.3. The highest BCUT2D eigenvalue weighted by atomic mass is 35.5. The third-order valence-electron chi connectivity index (χ3n) is 7.19. The van der Waals surface area contributed by atoms with Crippen LogP contribution in [0.25, 0.3) is 0 Å². The number of carboxylic acid groups (broad SMARTS) is 1. The van der Waals surface area contributed by atoms with Gasteiger partial charge in [0.25, 0.3) is 0 Å². The number of rotatable bonds is 7. The van der Waals surface area contributed by atoms with E-state index < -0.39 is 53.1 Å². The highest BCUT2D eigenvalue weighted by molar-refractivity contribution is 6.31. The maximum absolute atomic E-state index is 14.9. The van der Waals surface area contributed by atoms with Gasteiger partial charge in [-0.25, -0.2) is 9.18 Å². The van der Waals surface area contributed by atoms with Gasteiger partial charge in [0.1, 0.15) is 11.2 Å². The molecule has 0 aromatic heterocycles. The minimum Gasteiger partial charge on any atom is -0.479 e. The van der Waals surface area contributed by atoms with Crippen LogP contribution in [0.15, 0.2) is 36.4 Å². The van der Waals surface area contributed by atoms with Crippen LogP contribution in [0, 0.1) is 11.2 Å². The topological polar surface area (TPSA) is 128 Å². The number of fused-ring (bicyclic) bond motifs is 2. The molecule has 1 saturated heterocycles. The molecule has 4 rings (SSSR count). The second-order valence-corrected chi connectivity index (χ2v) is 11.9. The lowest BCUT2D eigenvalue weighted by molar-refractivity contribution is -0.147. The molecule has 2 aliphatic heterocycles. The molecule has 2 amide bonds. The van der Waals surface area contributed by atoms with E-state index in [0.717, 1.165) is 0 Å². The molecule has 0 radical (unpaired) electrons. The number of amides is 2. The van der Waals surface area contributed by atoms with Gasteiger partial charge in [-0.2, -0.15) is 0 Å². The molecule has 2 aromatic carbocycles. The van der Waals surface area contributed by atoms with Crippen molar-refractivity contribution < 1.29 is 29.0 Å². The molecule has 5 atom stereocenters. The summed E-state index contributed by atoms with van der Waals surface area (Å²) in [6.07, 6.45) is -1.36. The molecule has 204 valence electrons. The largest absolute Gasteiger partial charge is 0.479 e. The predicted molar refractivity (Wildman–Crippen MR) is 142 cm³/mol. The lowest BCUT2D eigenvalue weighted by Gasteiger charge is -2.37. The highest BCUT2D eigenvalue weighted by Gasteiger charge is 2.65. The van der Waals surface area contributed by atoms with Crippen LogP contribution in [-0.4, -0.2) is 52.7 Å². The first-order valence-electron chi connectivity index (χ1n) is 12.3. The lowest BCUT2D eigenvalue weighted by Crippen LogP contribution is -2.49. The predicted octanol–water partition coefficient (Wildman–Crippen LogP) is 3.83. The van der Waals surface area contributed by atoms with Gasteiger partial charge in [-0.1, -0.05) is 56.1 Å². The Hall–Kier alpha value is -2.72. The van der Waals surface area contributed by atoms with Crippen molar-refractivity contribution in [1.29, 1.82) is 0 Å². The molecular formula is C27H30Cl2FN3O5. The molecule has 2 aromatic rings. The Kier molecular flexibility index (Phi) is 7.78. The smallest absolute Gasteiger partial charge is 0.332 e. The molecule has 11 heteroatoms. The van der Waals surface area contributed by atoms with E-state index >= 15 is 0 Å². The second kappa shape index (κ2) is 10.4. The van der Waals surface area contributed by atoms with Crippen LogP contribution in [0.2, 0.25) is 10.0 Å². The number of benzene rings is 2. The molecule has 2 heterocycles. The fourth-order valence-corrected chi connectivity index (χ4v) is 6.06. The number of anilines is 1. The number of nitrogens with one attached hydrogen (secondary N) is 3. The number of carbonyl (C=O) groups excluding carboxylic acids is 2. The van der Waals surface area contributed by atoms with Gasteiger partial charge in [-0.05, 0) is 47.2 Å². The monoisotopic (exact) mass is 565 g/mol. The molecule has 0 aliphatic carbocycles. The summed E-state index contributed by atoms with van der Waals surface area (Å²) in [4.78, 5) is 38.6. The van der Waals surface area contributed by atoms with Crippen molar-refractivity contribution in [2.24, 2.45) is 5.41 Å². The van der Waals surface area contributed by atoms with Gasteiger partial charge in [0, 0.05) is 35.6 Å². The molecule has 1 spiro atoms. The van der Waals surface area contributed by atoms with Gasteiger partial charge in [0.05, 0.1) is 11.1 Å². The molecule has 8 nitrogen and oxygen atoms in total. The third kappa shape index (κ3) is 5.12. The van der Waals surface area contributed by atoms with Gasteiger partial charge in [0.15, 0.2) is 6.10 Å². The van der Waals surface area contributed by atoms with E-state index in [1.807, 2.05) is 20.8 Å². The van der Waals surface area contributed by atoms with Crippen LogP contribution in [0.5, 0.6) is 0 Å². The van der Waals surface area contributed by atoms with E-state index in [4.69, 9.17) is 28.3 Å². The van der Waals surface area contributed by atoms with Crippen LogP contribution < -0.4 is 16.0 Å². The van der Waals surface area contributed by atoms with Gasteiger partial charge in [0.2, 0.25) is 11.8 Å². The van der Waals surface area contributed by atoms with Crippen molar-refractivity contribution in [2.75, 3.05) is 11.9 Å². The van der Waals surface area contributed by atoms with Crippen molar-refractivity contribution in [2.45, 2.75) is 63.1 Å². The number of aliphatic hydroxyl groups is 1. The maximum atomic E-state index is 14.9. The van der Waals surface area contributed by atoms with E-state index in [9.17, 15) is 23.9 Å². The molecule has 0 bridgehead atoms. The molecule has 5 N–H and O–H groups in total. The summed E-state index contributed by atoms with van der Waals surface area (Å²) in [5, 5.41) is 27.8. The zero-order valence-electron chi connectivity index (χ0n) is 21.1. The molecule has 0 saturated carbocycles. The van der Waals surface area contributed by atoms with Crippen molar-refractivity contribution >= 4 is 46.7 Å². The SMILES string of the molecule is CC(C)(C)CC1NC(C(=O)NCCC(O)C(=O)O)C(c2cccc(Cl)c2)C12C(=O)Nc1cc(Cl)c(F)cc12. The van der Waals surface area contributed by atoms with Crippen LogP contribution in [0.1, 0.15) is 50.7 Å². The van der Waals surface area contributed by atoms with E-state index in [0.29, 0.717) is 28.3 Å². The fraction of sp³-hybridized carbons (Fsp3) is 0.444. The van der Waals surface area contributed by atoms with Gasteiger partial charge in [-0.15, -0.1) is 0 Å². The minimum atomic E-state index is -1.63. The number of aliphatic carboxylic acids is 1. The fourth-order valence-electron chi connectivity index (χ4n) is 5.70. The molecule has 5 unspecified atom stereocenters. The zero-order chi connectivity index (χ0) is 28.0. The van der Waals surface area contributed by atoms with E-state index in [-0.39, 0.29) is 23.4 Å². The van der Waals surface area contributed by atoms with Gasteiger partial charge < -0.3 is 26.2 Å². The Bertz CT molecular complexity index is 1280. The first-order chi connectivity index (χ1) is 17.8. The summed E-state index contributed by atoms with van der Waals surface area (Å²) >= 11 is 12.4. The number of halogens is 3. The minimum absolute atomic E-state index is 0.100. The summed E-state index contributed by atoms with van der Waals surface area (Å²) < 4.78 is 14.9. The maximum Gasteiger partial charge on any atom is 0.332 e. The number of carbonyl (C=O) groups is 3. The van der Waals surface area contributed by atoms with E-state index in [2.05, 4.69) is 16.0 Å². The summed E-state index contributed by atoms with van der Waals surface area (Å²) in [7, 11) is 0. The summed E-state index contributed by atoms with van der Waals surface area (Å²) in [5.74, 6) is -3.76. The van der Waals surface area contributed by atoms with Crippen LogP contribution >= 0.6 is 23.2 Å². The normalized spacial score (nSPS) is 25.2. The summed E-state index contributed by atoms with van der Waals surface area (Å²) in [6.45, 7) is 5.92. The standard InChI is InChI=1S/C27H30Cl2FN3O5/c1-26(2,3)12-20-27(15-10-17(30)16(29)11-18(15)32-25(27)38)21(13-5-4-6-14(28)9-13)22(33-20)23(35)31-8-7-19(34)24(36)37/h4-6,9-11,19-22,33-34H,7-8,12H2,1-3H3,(H,31,35)(H,32,38)(H,36,37). The average Bonchev–Trinajstić information content (AvgIpc) is 3.28. The third-order valence-corrected chi connectivity index (χ3v) is 7.72. The number of carboxylic acids is 1. The number of hydrogen-bond donors (Lipinski definition) is 5. The van der Waals surface area contributed by atoms with Gasteiger partial charge >= 0.3 is 5.97 Å². The first-order valence-corrected chi connectivity index (χ1v) is 13.0. The Balaban J connectivity index is 1.87. The Labute approximate surface area is 229 Å². The van der Waals surface area contributed by atoms with E-state index in [1.165, 1.54) is 12.1 Å². The Morgan fingerprint density at radius 3 is 2.55 bits per heavy atom. The highest BCUT2D eigenvalue weighted by Crippen LogP contribution is 2.57. The van der Waals surface area contributed by atoms with Crippen LogP contribution in [-0.2, 0) is 19.8 Å². The van der Waals surface area contributed by atoms with Crippen molar-refractivity contribution in [1.82, 2.24) is 10.6 Å². The summed E-state index contributed by atoms with van der Waals surface area (Å²) in [5.41, 5.74) is -0.298. The number of aliphatic hydroxyl groups excluding tert-OH is 1. The number of hydrogen-bond acceptors (Lipinski definition) is 5. The lowest BCUT2D eigenvalue weighted by atomic mass is 9.62. The summed E-state index contributed by atoms with van der Waals surface area (Å²) in [6, 6.07) is 7.93. The second-order valence-electron chi connectivity index (χ2n) is 11.1. The van der Waals surface area contributed by atoms with Crippen molar-refractivity contribution in [3.8, 4) is 0 Å². The molecule has 38 heavy (non-hydrogen) atoms. The van der Waals surface area contributed by atoms with Crippen molar-refractivity contribution in [3.05, 3.63) is 63.4 Å². The molecule has 2 aliphatic rings.